The fourth-order valence-corrected chi connectivity index (χ4v) is 2.72. The first-order chi connectivity index (χ1) is 7.38. The number of hydrogen-bond acceptors (Lipinski definition) is 4. The molecule has 0 aromatic heterocycles. The number of sulfonamides is 1. The van der Waals surface area contributed by atoms with E-state index < -0.39 is 15.3 Å². The van der Waals surface area contributed by atoms with Gasteiger partial charge < -0.3 is 4.74 Å². The van der Waals surface area contributed by atoms with Gasteiger partial charge in [-0.15, -0.1) is 0 Å². The Hall–Kier alpha value is -0.640. The van der Waals surface area contributed by atoms with E-state index >= 15 is 0 Å². The van der Waals surface area contributed by atoms with Crippen molar-refractivity contribution >= 4 is 10.0 Å². The number of nitrogens with zero attached hydrogens (tertiary/aromatic N) is 1. The highest BCUT2D eigenvalue weighted by atomic mass is 32.2. The molecule has 0 fully saturated rings. The third-order valence-corrected chi connectivity index (χ3v) is 4.18. The summed E-state index contributed by atoms with van der Waals surface area (Å²) < 4.78 is 31.1. The minimum absolute atomic E-state index is 0.117. The Morgan fingerprint density at radius 2 is 2.00 bits per heavy atom. The topological polar surface area (TPSA) is 79.2 Å². The predicted molar refractivity (Wildman–Crippen MR) is 62.2 cm³/mol. The third kappa shape index (κ3) is 4.47. The molecule has 0 rings (SSSR count). The average molecular weight is 248 g/mol. The zero-order valence-corrected chi connectivity index (χ0v) is 11.0. The Labute approximate surface area is 97.8 Å². The second kappa shape index (κ2) is 6.84. The lowest BCUT2D eigenvalue weighted by Crippen LogP contribution is -2.45. The van der Waals surface area contributed by atoms with Crippen molar-refractivity contribution in [3.05, 3.63) is 0 Å². The first kappa shape index (κ1) is 15.4. The highest BCUT2D eigenvalue weighted by Crippen LogP contribution is 2.08. The van der Waals surface area contributed by atoms with E-state index in [0.717, 1.165) is 0 Å². The Morgan fingerprint density at radius 1 is 1.44 bits per heavy atom. The van der Waals surface area contributed by atoms with Gasteiger partial charge >= 0.3 is 0 Å². The van der Waals surface area contributed by atoms with Crippen LogP contribution in [0, 0.1) is 17.2 Å². The third-order valence-electron chi connectivity index (χ3n) is 2.36. The van der Waals surface area contributed by atoms with Gasteiger partial charge in [-0.25, -0.2) is 13.1 Å². The number of hydrogen-bond donors (Lipinski definition) is 1. The second-order valence-corrected chi connectivity index (χ2v) is 5.89. The molecule has 0 radical (unpaired) electrons. The Morgan fingerprint density at radius 3 is 2.31 bits per heavy atom. The van der Waals surface area contributed by atoms with Crippen LogP contribution in [0.1, 0.15) is 27.2 Å². The highest BCUT2D eigenvalue weighted by molar-refractivity contribution is 7.90. The molecule has 0 heterocycles. The summed E-state index contributed by atoms with van der Waals surface area (Å²) in [5.41, 5.74) is 0. The van der Waals surface area contributed by atoms with Crippen LogP contribution in [0.15, 0.2) is 0 Å². The van der Waals surface area contributed by atoms with Gasteiger partial charge in [0.15, 0.2) is 5.25 Å². The van der Waals surface area contributed by atoms with Crippen LogP contribution in [0.5, 0.6) is 0 Å². The van der Waals surface area contributed by atoms with Crippen molar-refractivity contribution in [2.24, 2.45) is 5.92 Å². The molecule has 0 saturated carbocycles. The molecule has 6 heteroatoms. The van der Waals surface area contributed by atoms with Gasteiger partial charge in [0.25, 0.3) is 0 Å². The number of nitriles is 1. The van der Waals surface area contributed by atoms with E-state index in [4.69, 9.17) is 10.00 Å². The van der Waals surface area contributed by atoms with E-state index in [1.165, 1.54) is 7.11 Å². The van der Waals surface area contributed by atoms with Crippen LogP contribution in [0.25, 0.3) is 0 Å². The van der Waals surface area contributed by atoms with Crippen molar-refractivity contribution in [3.63, 3.8) is 0 Å². The molecule has 0 bridgehead atoms. The van der Waals surface area contributed by atoms with Gasteiger partial charge in [0.1, 0.15) is 0 Å². The number of ether oxygens (including phenoxy) is 1. The molecule has 2 atom stereocenters. The molecule has 16 heavy (non-hydrogen) atoms. The molecule has 0 saturated heterocycles. The van der Waals surface area contributed by atoms with Crippen molar-refractivity contribution < 1.29 is 13.2 Å². The van der Waals surface area contributed by atoms with E-state index in [1.54, 1.807) is 13.0 Å². The zero-order valence-electron chi connectivity index (χ0n) is 10.2. The van der Waals surface area contributed by atoms with Crippen molar-refractivity contribution in [1.82, 2.24) is 4.72 Å². The standard InChI is InChI=1S/C10H20N2O3S/c1-5-9(6-11)16(13,14)12-10(7-15-4)8(2)3/h8-10,12H,5,7H2,1-4H3. The fourth-order valence-electron chi connectivity index (χ4n) is 1.22. The minimum atomic E-state index is -3.58. The highest BCUT2D eigenvalue weighted by Gasteiger charge is 2.27. The van der Waals surface area contributed by atoms with Crippen LogP contribution in [0.3, 0.4) is 0 Å². The van der Waals surface area contributed by atoms with Crippen molar-refractivity contribution in [3.8, 4) is 6.07 Å². The summed E-state index contributed by atoms with van der Waals surface area (Å²) in [5.74, 6) is 0.117. The van der Waals surface area contributed by atoms with Gasteiger partial charge in [0.05, 0.1) is 12.7 Å². The molecule has 0 aliphatic rings. The van der Waals surface area contributed by atoms with E-state index in [2.05, 4.69) is 4.72 Å². The van der Waals surface area contributed by atoms with Gasteiger partial charge in [0.2, 0.25) is 10.0 Å². The van der Waals surface area contributed by atoms with E-state index in [0.29, 0.717) is 6.61 Å². The van der Waals surface area contributed by atoms with Crippen LogP contribution in [-0.4, -0.2) is 33.4 Å². The van der Waals surface area contributed by atoms with Crippen LogP contribution in [-0.2, 0) is 14.8 Å². The lowest BCUT2D eigenvalue weighted by Gasteiger charge is -2.22. The molecule has 2 unspecified atom stereocenters. The normalized spacial score (nSPS) is 15.8. The zero-order chi connectivity index (χ0) is 12.8. The number of nitrogens with one attached hydrogen (secondary N) is 1. The second-order valence-electron chi connectivity index (χ2n) is 3.99. The molecule has 5 nitrogen and oxygen atoms in total. The van der Waals surface area contributed by atoms with Gasteiger partial charge in [-0.1, -0.05) is 20.8 Å². The predicted octanol–water partition coefficient (Wildman–Crippen LogP) is 0.879. The van der Waals surface area contributed by atoms with Crippen LogP contribution < -0.4 is 4.72 Å². The summed E-state index contributed by atoms with van der Waals surface area (Å²) in [6, 6.07) is 1.49. The van der Waals surface area contributed by atoms with Crippen LogP contribution in [0.4, 0.5) is 0 Å². The van der Waals surface area contributed by atoms with Crippen molar-refractivity contribution in [2.75, 3.05) is 13.7 Å². The van der Waals surface area contributed by atoms with Crippen molar-refractivity contribution in [2.45, 2.75) is 38.5 Å². The first-order valence-corrected chi connectivity index (χ1v) is 6.83. The fraction of sp³-hybridized carbons (Fsp3) is 0.900. The molecule has 1 N–H and O–H groups in total. The maximum Gasteiger partial charge on any atom is 0.228 e. The molecular formula is C10H20N2O3S. The minimum Gasteiger partial charge on any atom is -0.383 e. The number of rotatable bonds is 7. The molecule has 0 aromatic carbocycles. The quantitative estimate of drug-likeness (QED) is 0.725. The lowest BCUT2D eigenvalue weighted by molar-refractivity contribution is 0.157. The molecule has 94 valence electrons. The summed E-state index contributed by atoms with van der Waals surface area (Å²) in [5, 5.41) is 7.75. The average Bonchev–Trinajstić information content (AvgIpc) is 2.18. The molecule has 0 aliphatic heterocycles. The summed E-state index contributed by atoms with van der Waals surface area (Å²) >= 11 is 0. The largest absolute Gasteiger partial charge is 0.383 e. The molecule has 0 amide bonds. The van der Waals surface area contributed by atoms with Gasteiger partial charge in [-0.3, -0.25) is 0 Å². The van der Waals surface area contributed by atoms with Gasteiger partial charge in [-0.05, 0) is 12.3 Å². The monoisotopic (exact) mass is 248 g/mol. The first-order valence-electron chi connectivity index (χ1n) is 5.28. The molecule has 0 aromatic rings. The van der Waals surface area contributed by atoms with Gasteiger partial charge in [-0.2, -0.15) is 5.26 Å². The SMILES string of the molecule is CCC(C#N)S(=O)(=O)NC(COC)C(C)C. The summed E-state index contributed by atoms with van der Waals surface area (Å²) in [6.45, 7) is 5.78. The Kier molecular flexibility index (Phi) is 6.56. The van der Waals surface area contributed by atoms with E-state index in [-0.39, 0.29) is 18.4 Å². The maximum atomic E-state index is 11.8. The molecule has 0 spiro atoms. The van der Waals surface area contributed by atoms with Crippen molar-refractivity contribution in [1.29, 1.82) is 5.26 Å². The van der Waals surface area contributed by atoms with Crippen LogP contribution >= 0.6 is 0 Å². The molecule has 0 aliphatic carbocycles. The Bertz CT molecular complexity index is 332. The van der Waals surface area contributed by atoms with E-state index in [1.807, 2.05) is 13.8 Å². The summed E-state index contributed by atoms with van der Waals surface area (Å²) in [4.78, 5) is 0. The number of methoxy groups -OCH3 is 1. The maximum absolute atomic E-state index is 11.8. The van der Waals surface area contributed by atoms with Crippen LogP contribution in [0.2, 0.25) is 0 Å². The Balaban J connectivity index is 4.73. The summed E-state index contributed by atoms with van der Waals surface area (Å²) in [7, 11) is -2.06. The van der Waals surface area contributed by atoms with Gasteiger partial charge in [0, 0.05) is 13.2 Å². The summed E-state index contributed by atoms with van der Waals surface area (Å²) in [6.07, 6.45) is 0.281. The smallest absolute Gasteiger partial charge is 0.228 e. The lowest BCUT2D eigenvalue weighted by atomic mass is 10.1. The molecular weight excluding hydrogens is 228 g/mol. The van der Waals surface area contributed by atoms with E-state index in [9.17, 15) is 8.42 Å².